The summed E-state index contributed by atoms with van der Waals surface area (Å²) >= 11 is 0. The Balaban J connectivity index is 1.18. The van der Waals surface area contributed by atoms with Crippen LogP contribution < -0.4 is 4.74 Å². The van der Waals surface area contributed by atoms with Gasteiger partial charge in [-0.25, -0.2) is 0 Å². The van der Waals surface area contributed by atoms with Crippen LogP contribution in [0, 0.1) is 5.92 Å². The minimum absolute atomic E-state index is 0.240. The lowest BCUT2D eigenvalue weighted by atomic mass is 9.93. The van der Waals surface area contributed by atoms with E-state index in [1.807, 2.05) is 30.3 Å². The van der Waals surface area contributed by atoms with Crippen molar-refractivity contribution in [2.75, 3.05) is 52.4 Å². The van der Waals surface area contributed by atoms with Gasteiger partial charge in [-0.1, -0.05) is 18.2 Å². The number of hydrogen-bond donors (Lipinski definition) is 0. The minimum Gasteiger partial charge on any atom is -0.492 e. The average molecular weight is 386 g/mol. The lowest BCUT2D eigenvalue weighted by molar-refractivity contribution is -0.136. The van der Waals surface area contributed by atoms with Crippen LogP contribution in [0.2, 0.25) is 0 Å². The molecular formula is C23H35N3O2. The van der Waals surface area contributed by atoms with Gasteiger partial charge in [0.25, 0.3) is 0 Å². The molecule has 1 unspecified atom stereocenters. The first-order chi connectivity index (χ1) is 13.8. The number of carbonyl (C=O) groups is 1. The summed E-state index contributed by atoms with van der Waals surface area (Å²) in [4.78, 5) is 20.1. The fraction of sp³-hybridized carbons (Fsp3) is 0.696. The molecule has 0 aliphatic carbocycles. The second kappa shape index (κ2) is 9.75. The molecule has 3 aliphatic heterocycles. The van der Waals surface area contributed by atoms with Crippen molar-refractivity contribution in [3.8, 4) is 5.75 Å². The van der Waals surface area contributed by atoms with Gasteiger partial charge in [0, 0.05) is 32.2 Å². The highest BCUT2D eigenvalue weighted by Crippen LogP contribution is 2.26. The molecular weight excluding hydrogens is 350 g/mol. The Morgan fingerprint density at radius 2 is 1.68 bits per heavy atom. The van der Waals surface area contributed by atoms with E-state index in [4.69, 9.17) is 4.74 Å². The Morgan fingerprint density at radius 1 is 0.929 bits per heavy atom. The van der Waals surface area contributed by atoms with Gasteiger partial charge in [-0.3, -0.25) is 14.6 Å². The summed E-state index contributed by atoms with van der Waals surface area (Å²) in [7, 11) is 0. The lowest BCUT2D eigenvalue weighted by Crippen LogP contribution is -2.51. The van der Waals surface area contributed by atoms with E-state index in [9.17, 15) is 4.79 Å². The molecule has 5 nitrogen and oxygen atoms in total. The number of carbonyl (C=O) groups excluding carboxylic acids is 1. The van der Waals surface area contributed by atoms with Crippen LogP contribution in [0.3, 0.4) is 0 Å². The quantitative estimate of drug-likeness (QED) is 0.754. The first kappa shape index (κ1) is 19.7. The molecule has 28 heavy (non-hydrogen) atoms. The van der Waals surface area contributed by atoms with Crippen LogP contribution >= 0.6 is 0 Å². The normalized spacial score (nSPS) is 25.1. The monoisotopic (exact) mass is 385 g/mol. The third-order valence-electron chi connectivity index (χ3n) is 6.71. The fourth-order valence-corrected chi connectivity index (χ4v) is 5.05. The summed E-state index contributed by atoms with van der Waals surface area (Å²) in [6.45, 7) is 8.16. The highest BCUT2D eigenvalue weighted by molar-refractivity contribution is 5.79. The van der Waals surface area contributed by atoms with Crippen LogP contribution in [-0.2, 0) is 4.79 Å². The molecule has 3 heterocycles. The van der Waals surface area contributed by atoms with E-state index < -0.39 is 0 Å². The molecule has 0 radical (unpaired) electrons. The Morgan fingerprint density at radius 3 is 2.43 bits per heavy atom. The number of likely N-dealkylation sites (tertiary alicyclic amines) is 3. The first-order valence-electron chi connectivity index (χ1n) is 11.2. The van der Waals surface area contributed by atoms with Crippen LogP contribution in [-0.4, -0.2) is 79.1 Å². The predicted octanol–water partition coefficient (Wildman–Crippen LogP) is 2.86. The van der Waals surface area contributed by atoms with Crippen molar-refractivity contribution in [3.63, 3.8) is 0 Å². The average Bonchev–Trinajstić information content (AvgIpc) is 3.30. The van der Waals surface area contributed by atoms with Gasteiger partial charge in [-0.15, -0.1) is 0 Å². The number of para-hydroxylation sites is 1. The smallest absolute Gasteiger partial charge is 0.226 e. The molecule has 3 aliphatic rings. The van der Waals surface area contributed by atoms with Crippen molar-refractivity contribution < 1.29 is 9.53 Å². The largest absolute Gasteiger partial charge is 0.492 e. The van der Waals surface area contributed by atoms with Crippen molar-refractivity contribution in [1.29, 1.82) is 0 Å². The molecule has 1 atom stereocenters. The molecule has 3 saturated heterocycles. The van der Waals surface area contributed by atoms with E-state index >= 15 is 0 Å². The SMILES string of the molecule is O=C(C1CCCN(C2CCN(CCOc3ccccc3)CC2)C1)N1CCCC1. The van der Waals surface area contributed by atoms with Crippen LogP contribution in [0.25, 0.3) is 0 Å². The summed E-state index contributed by atoms with van der Waals surface area (Å²) in [6.07, 6.45) is 7.08. The standard InChI is InChI=1S/C23H35N3O2/c27-23(25-12-4-5-13-25)20-7-6-14-26(19-20)21-10-15-24(16-11-21)17-18-28-22-8-2-1-3-9-22/h1-3,8-9,20-21H,4-7,10-19H2. The molecule has 0 N–H and O–H groups in total. The molecule has 1 aromatic carbocycles. The van der Waals surface area contributed by atoms with Crippen LogP contribution in [0.5, 0.6) is 5.75 Å². The molecule has 5 heteroatoms. The number of hydrogen-bond acceptors (Lipinski definition) is 4. The van der Waals surface area contributed by atoms with Crippen molar-refractivity contribution in [2.24, 2.45) is 5.92 Å². The van der Waals surface area contributed by atoms with Crippen molar-refractivity contribution in [1.82, 2.24) is 14.7 Å². The van der Waals surface area contributed by atoms with Crippen molar-refractivity contribution in [2.45, 2.75) is 44.6 Å². The molecule has 1 aromatic rings. The van der Waals surface area contributed by atoms with Crippen molar-refractivity contribution >= 4 is 5.91 Å². The molecule has 154 valence electrons. The van der Waals surface area contributed by atoms with E-state index in [0.717, 1.165) is 58.0 Å². The van der Waals surface area contributed by atoms with Crippen LogP contribution in [0.4, 0.5) is 0 Å². The number of rotatable bonds is 6. The van der Waals surface area contributed by atoms with E-state index in [0.29, 0.717) is 11.9 Å². The highest BCUT2D eigenvalue weighted by atomic mass is 16.5. The van der Waals surface area contributed by atoms with Gasteiger partial charge in [0.2, 0.25) is 5.91 Å². The summed E-state index contributed by atoms with van der Waals surface area (Å²) in [5.74, 6) is 1.63. The molecule has 0 aromatic heterocycles. The number of piperidine rings is 2. The Bertz CT molecular complexity index is 610. The van der Waals surface area contributed by atoms with Gasteiger partial charge < -0.3 is 9.64 Å². The second-order valence-electron chi connectivity index (χ2n) is 8.60. The molecule has 1 amide bonds. The van der Waals surface area contributed by atoms with Crippen LogP contribution in [0.15, 0.2) is 30.3 Å². The number of ether oxygens (including phenoxy) is 1. The van der Waals surface area contributed by atoms with E-state index in [-0.39, 0.29) is 5.92 Å². The summed E-state index contributed by atoms with van der Waals surface area (Å²) in [6, 6.07) is 10.7. The van der Waals surface area contributed by atoms with Gasteiger partial charge >= 0.3 is 0 Å². The van der Waals surface area contributed by atoms with Gasteiger partial charge in [-0.2, -0.15) is 0 Å². The lowest BCUT2D eigenvalue weighted by Gasteiger charge is -2.42. The van der Waals surface area contributed by atoms with E-state index in [1.165, 1.54) is 38.6 Å². The van der Waals surface area contributed by atoms with Crippen molar-refractivity contribution in [3.05, 3.63) is 30.3 Å². The Labute approximate surface area is 169 Å². The zero-order chi connectivity index (χ0) is 19.2. The zero-order valence-corrected chi connectivity index (χ0v) is 17.1. The molecule has 3 fully saturated rings. The highest BCUT2D eigenvalue weighted by Gasteiger charge is 2.34. The number of nitrogens with zero attached hydrogens (tertiary/aromatic N) is 3. The van der Waals surface area contributed by atoms with Gasteiger partial charge in [0.15, 0.2) is 0 Å². The maximum absolute atomic E-state index is 12.8. The maximum Gasteiger partial charge on any atom is 0.226 e. The molecule has 0 saturated carbocycles. The number of amides is 1. The van der Waals surface area contributed by atoms with Crippen LogP contribution in [0.1, 0.15) is 38.5 Å². The molecule has 0 bridgehead atoms. The van der Waals surface area contributed by atoms with Gasteiger partial charge in [0.1, 0.15) is 12.4 Å². The summed E-state index contributed by atoms with van der Waals surface area (Å²) < 4.78 is 5.85. The predicted molar refractivity (Wildman–Crippen MR) is 112 cm³/mol. The van der Waals surface area contributed by atoms with E-state index in [1.54, 1.807) is 0 Å². The van der Waals surface area contributed by atoms with Gasteiger partial charge in [0.05, 0.1) is 5.92 Å². The molecule has 0 spiro atoms. The second-order valence-corrected chi connectivity index (χ2v) is 8.60. The minimum atomic E-state index is 0.240. The summed E-state index contributed by atoms with van der Waals surface area (Å²) in [5, 5.41) is 0. The summed E-state index contributed by atoms with van der Waals surface area (Å²) in [5.41, 5.74) is 0. The third-order valence-corrected chi connectivity index (χ3v) is 6.71. The zero-order valence-electron chi connectivity index (χ0n) is 17.1. The Kier molecular flexibility index (Phi) is 6.86. The molecule has 4 rings (SSSR count). The maximum atomic E-state index is 12.8. The Hall–Kier alpha value is -1.59. The number of benzene rings is 1. The van der Waals surface area contributed by atoms with Gasteiger partial charge in [-0.05, 0) is 70.3 Å². The topological polar surface area (TPSA) is 36.0 Å². The van der Waals surface area contributed by atoms with E-state index in [2.05, 4.69) is 14.7 Å². The third kappa shape index (κ3) is 5.06. The fourth-order valence-electron chi connectivity index (χ4n) is 5.05. The first-order valence-corrected chi connectivity index (χ1v) is 11.2.